The van der Waals surface area contributed by atoms with Crippen LogP contribution in [0.4, 0.5) is 0 Å². The molecule has 3 N–H and O–H groups in total. The first kappa shape index (κ1) is 15.2. The normalized spacial score (nSPS) is 13.7. The molecule has 1 amide bonds. The first-order chi connectivity index (χ1) is 8.97. The first-order valence-electron chi connectivity index (χ1n) is 6.16. The largest absolute Gasteiger partial charge is 0.467 e. The van der Waals surface area contributed by atoms with Gasteiger partial charge in [-0.25, -0.2) is 4.79 Å². The number of hydrogen-bond donors (Lipinski definition) is 2. The number of benzene rings is 1. The van der Waals surface area contributed by atoms with Crippen LogP contribution >= 0.6 is 0 Å². The Kier molecular flexibility index (Phi) is 5.51. The molecule has 5 heteroatoms. The van der Waals surface area contributed by atoms with Crippen LogP contribution in [0, 0.1) is 5.92 Å². The Morgan fingerprint density at radius 1 is 1.21 bits per heavy atom. The van der Waals surface area contributed by atoms with Gasteiger partial charge in [0.1, 0.15) is 12.1 Å². The van der Waals surface area contributed by atoms with Crippen molar-refractivity contribution in [3.63, 3.8) is 0 Å². The summed E-state index contributed by atoms with van der Waals surface area (Å²) in [6.45, 7) is 3.66. The third-order valence-corrected chi connectivity index (χ3v) is 2.86. The number of esters is 1. The van der Waals surface area contributed by atoms with Gasteiger partial charge >= 0.3 is 5.97 Å². The van der Waals surface area contributed by atoms with Gasteiger partial charge in [0, 0.05) is 0 Å². The topological polar surface area (TPSA) is 81.4 Å². The number of methoxy groups -OCH3 is 1. The number of ether oxygens (including phenoxy) is 1. The second kappa shape index (κ2) is 6.89. The van der Waals surface area contributed by atoms with Gasteiger partial charge in [-0.3, -0.25) is 4.79 Å². The van der Waals surface area contributed by atoms with Crippen LogP contribution in [-0.4, -0.2) is 25.0 Å². The lowest BCUT2D eigenvalue weighted by Gasteiger charge is -2.22. The highest BCUT2D eigenvalue weighted by atomic mass is 16.5. The van der Waals surface area contributed by atoms with Crippen molar-refractivity contribution in [2.24, 2.45) is 11.7 Å². The smallest absolute Gasteiger partial charge is 0.328 e. The maximum absolute atomic E-state index is 12.0. The Balaban J connectivity index is 2.75. The SMILES string of the molecule is COC(=O)[C@@H](NC(=O)[C@@H](N)c1ccccc1)C(C)C. The monoisotopic (exact) mass is 264 g/mol. The fourth-order valence-electron chi connectivity index (χ4n) is 1.68. The van der Waals surface area contributed by atoms with E-state index in [0.29, 0.717) is 5.56 Å². The summed E-state index contributed by atoms with van der Waals surface area (Å²) in [6.07, 6.45) is 0. The van der Waals surface area contributed by atoms with Gasteiger partial charge in [-0.15, -0.1) is 0 Å². The first-order valence-corrected chi connectivity index (χ1v) is 6.16. The lowest BCUT2D eigenvalue weighted by molar-refractivity contribution is -0.146. The lowest BCUT2D eigenvalue weighted by atomic mass is 10.0. The van der Waals surface area contributed by atoms with E-state index >= 15 is 0 Å². The summed E-state index contributed by atoms with van der Waals surface area (Å²) in [5.74, 6) is -0.932. The maximum Gasteiger partial charge on any atom is 0.328 e. The van der Waals surface area contributed by atoms with Crippen LogP contribution in [0.2, 0.25) is 0 Å². The van der Waals surface area contributed by atoms with E-state index < -0.39 is 24.0 Å². The minimum absolute atomic E-state index is 0.0700. The van der Waals surface area contributed by atoms with Crippen molar-refractivity contribution in [1.29, 1.82) is 0 Å². The predicted octanol–water partition coefficient (Wildman–Crippen LogP) is 1.00. The zero-order valence-corrected chi connectivity index (χ0v) is 11.4. The predicted molar refractivity (Wildman–Crippen MR) is 72.2 cm³/mol. The maximum atomic E-state index is 12.0. The summed E-state index contributed by atoms with van der Waals surface area (Å²) >= 11 is 0. The van der Waals surface area contributed by atoms with Crippen molar-refractivity contribution < 1.29 is 14.3 Å². The zero-order chi connectivity index (χ0) is 14.4. The molecule has 19 heavy (non-hydrogen) atoms. The molecular formula is C14H20N2O3. The van der Waals surface area contributed by atoms with Gasteiger partial charge in [0.2, 0.25) is 5.91 Å². The highest BCUT2D eigenvalue weighted by Crippen LogP contribution is 2.11. The molecule has 0 spiro atoms. The van der Waals surface area contributed by atoms with Crippen molar-refractivity contribution in [2.45, 2.75) is 25.9 Å². The molecule has 5 nitrogen and oxygen atoms in total. The molecule has 0 aromatic heterocycles. The van der Waals surface area contributed by atoms with Gasteiger partial charge in [0.05, 0.1) is 7.11 Å². The van der Waals surface area contributed by atoms with Gasteiger partial charge in [0.25, 0.3) is 0 Å². The molecule has 1 rings (SSSR count). The lowest BCUT2D eigenvalue weighted by Crippen LogP contribution is -2.48. The number of nitrogens with two attached hydrogens (primary N) is 1. The van der Waals surface area contributed by atoms with E-state index in [4.69, 9.17) is 5.73 Å². The van der Waals surface area contributed by atoms with Gasteiger partial charge < -0.3 is 15.8 Å². The Bertz CT molecular complexity index is 432. The van der Waals surface area contributed by atoms with E-state index in [-0.39, 0.29) is 5.92 Å². The van der Waals surface area contributed by atoms with Crippen molar-refractivity contribution in [2.75, 3.05) is 7.11 Å². The Labute approximate surface area is 113 Å². The van der Waals surface area contributed by atoms with Crippen LogP contribution in [0.1, 0.15) is 25.5 Å². The molecule has 0 fully saturated rings. The zero-order valence-electron chi connectivity index (χ0n) is 11.4. The summed E-state index contributed by atoms with van der Waals surface area (Å²) in [5, 5.41) is 2.63. The van der Waals surface area contributed by atoms with E-state index in [1.54, 1.807) is 12.1 Å². The number of carbonyl (C=O) groups excluding carboxylic acids is 2. The Morgan fingerprint density at radius 3 is 2.26 bits per heavy atom. The summed E-state index contributed by atoms with van der Waals surface area (Å²) < 4.78 is 4.67. The van der Waals surface area contributed by atoms with Crippen molar-refractivity contribution in [3.05, 3.63) is 35.9 Å². The number of amides is 1. The Hall–Kier alpha value is -1.88. The van der Waals surface area contributed by atoms with E-state index in [1.807, 2.05) is 32.0 Å². The van der Waals surface area contributed by atoms with Gasteiger partial charge in [-0.05, 0) is 11.5 Å². The average molecular weight is 264 g/mol. The van der Waals surface area contributed by atoms with Crippen LogP contribution in [0.25, 0.3) is 0 Å². The van der Waals surface area contributed by atoms with Crippen LogP contribution in [-0.2, 0) is 14.3 Å². The van der Waals surface area contributed by atoms with Gasteiger partial charge in [-0.1, -0.05) is 44.2 Å². The summed E-state index contributed by atoms with van der Waals surface area (Å²) in [6, 6.07) is 7.52. The van der Waals surface area contributed by atoms with Gasteiger partial charge in [0.15, 0.2) is 0 Å². The molecule has 0 saturated heterocycles. The number of rotatable bonds is 5. The number of hydrogen-bond acceptors (Lipinski definition) is 4. The fraction of sp³-hybridized carbons (Fsp3) is 0.429. The molecule has 0 bridgehead atoms. The van der Waals surface area contributed by atoms with Crippen molar-refractivity contribution in [1.82, 2.24) is 5.32 Å². The molecule has 0 aliphatic carbocycles. The molecule has 0 aliphatic rings. The highest BCUT2D eigenvalue weighted by molar-refractivity contribution is 5.88. The fourth-order valence-corrected chi connectivity index (χ4v) is 1.68. The van der Waals surface area contributed by atoms with Crippen LogP contribution in [0.3, 0.4) is 0 Å². The molecule has 1 aromatic carbocycles. The van der Waals surface area contributed by atoms with Crippen molar-refractivity contribution >= 4 is 11.9 Å². The molecule has 2 atom stereocenters. The van der Waals surface area contributed by atoms with Gasteiger partial charge in [-0.2, -0.15) is 0 Å². The average Bonchev–Trinajstić information content (AvgIpc) is 2.43. The van der Waals surface area contributed by atoms with E-state index in [2.05, 4.69) is 10.1 Å². The standard InChI is InChI=1S/C14H20N2O3/c1-9(2)12(14(18)19-3)16-13(17)11(15)10-7-5-4-6-8-10/h4-9,11-12H,15H2,1-3H3,(H,16,17)/t11-,12-/m0/s1. The Morgan fingerprint density at radius 2 is 1.79 bits per heavy atom. The summed E-state index contributed by atoms with van der Waals surface area (Å²) in [7, 11) is 1.29. The summed E-state index contributed by atoms with van der Waals surface area (Å²) in [4.78, 5) is 23.6. The van der Waals surface area contributed by atoms with E-state index in [9.17, 15) is 9.59 Å². The minimum atomic E-state index is -0.799. The molecular weight excluding hydrogens is 244 g/mol. The van der Waals surface area contributed by atoms with Crippen LogP contribution in [0.5, 0.6) is 0 Å². The molecule has 1 aromatic rings. The minimum Gasteiger partial charge on any atom is -0.467 e. The summed E-state index contributed by atoms with van der Waals surface area (Å²) in [5.41, 5.74) is 6.57. The molecule has 0 unspecified atom stereocenters. The van der Waals surface area contributed by atoms with Crippen LogP contribution in [0.15, 0.2) is 30.3 Å². The third kappa shape index (κ3) is 4.06. The van der Waals surface area contributed by atoms with E-state index in [1.165, 1.54) is 7.11 Å². The molecule has 0 radical (unpaired) electrons. The van der Waals surface area contributed by atoms with Crippen LogP contribution < -0.4 is 11.1 Å². The highest BCUT2D eigenvalue weighted by Gasteiger charge is 2.27. The molecule has 0 heterocycles. The quantitative estimate of drug-likeness (QED) is 0.777. The molecule has 0 aliphatic heterocycles. The number of carbonyl (C=O) groups is 2. The second-order valence-electron chi connectivity index (χ2n) is 4.64. The molecule has 104 valence electrons. The second-order valence-corrected chi connectivity index (χ2v) is 4.64. The number of nitrogens with one attached hydrogen (secondary N) is 1. The van der Waals surface area contributed by atoms with E-state index in [0.717, 1.165) is 0 Å². The third-order valence-electron chi connectivity index (χ3n) is 2.86. The van der Waals surface area contributed by atoms with Crippen molar-refractivity contribution in [3.8, 4) is 0 Å². The molecule has 0 saturated carbocycles.